The number of nitrogens with zero attached hydrogens (tertiary/aromatic N) is 1. The Hall–Kier alpha value is -1.89. The van der Waals surface area contributed by atoms with Gasteiger partial charge in [-0.3, -0.25) is 10.1 Å². The van der Waals surface area contributed by atoms with E-state index in [9.17, 15) is 14.5 Å². The van der Waals surface area contributed by atoms with Crippen molar-refractivity contribution in [3.63, 3.8) is 0 Å². The molecule has 0 amide bonds. The third-order valence-electron chi connectivity index (χ3n) is 3.16. The van der Waals surface area contributed by atoms with Gasteiger partial charge in [-0.05, 0) is 12.3 Å². The van der Waals surface area contributed by atoms with Gasteiger partial charge >= 0.3 is 5.69 Å². The van der Waals surface area contributed by atoms with Crippen LogP contribution in [-0.2, 0) is 0 Å². The van der Waals surface area contributed by atoms with Gasteiger partial charge in [0.1, 0.15) is 0 Å². The van der Waals surface area contributed by atoms with Gasteiger partial charge in [0, 0.05) is 19.2 Å². The van der Waals surface area contributed by atoms with E-state index in [4.69, 9.17) is 9.84 Å². The maximum atomic E-state index is 13.8. The number of methoxy groups -OCH3 is 1. The Labute approximate surface area is 116 Å². The molecule has 0 saturated heterocycles. The van der Waals surface area contributed by atoms with Crippen molar-refractivity contribution in [2.24, 2.45) is 5.92 Å². The molecule has 6 nitrogen and oxygen atoms in total. The van der Waals surface area contributed by atoms with Crippen LogP contribution in [0, 0.1) is 21.8 Å². The van der Waals surface area contributed by atoms with Crippen LogP contribution >= 0.6 is 0 Å². The summed E-state index contributed by atoms with van der Waals surface area (Å²) < 4.78 is 18.7. The lowest BCUT2D eigenvalue weighted by Crippen LogP contribution is -2.15. The summed E-state index contributed by atoms with van der Waals surface area (Å²) in [5, 5.41) is 22.6. The first-order valence-corrected chi connectivity index (χ1v) is 6.40. The second-order valence-corrected chi connectivity index (χ2v) is 4.43. The van der Waals surface area contributed by atoms with E-state index in [0.29, 0.717) is 13.0 Å². The minimum absolute atomic E-state index is 0.00843. The van der Waals surface area contributed by atoms with Gasteiger partial charge in [-0.2, -0.15) is 0 Å². The Kier molecular flexibility index (Phi) is 6.17. The second kappa shape index (κ2) is 7.64. The lowest BCUT2D eigenvalue weighted by molar-refractivity contribution is -0.385. The fraction of sp³-hybridized carbons (Fsp3) is 0.538. The molecule has 0 fully saturated rings. The third-order valence-corrected chi connectivity index (χ3v) is 3.16. The molecule has 1 aromatic carbocycles. The average molecular weight is 286 g/mol. The van der Waals surface area contributed by atoms with Crippen LogP contribution in [0.25, 0.3) is 0 Å². The van der Waals surface area contributed by atoms with E-state index in [2.05, 4.69) is 5.32 Å². The predicted molar refractivity (Wildman–Crippen MR) is 73.6 cm³/mol. The summed E-state index contributed by atoms with van der Waals surface area (Å²) >= 11 is 0. The zero-order chi connectivity index (χ0) is 15.1. The molecular weight excluding hydrogens is 267 g/mol. The highest BCUT2D eigenvalue weighted by Gasteiger charge is 2.19. The molecule has 112 valence electrons. The van der Waals surface area contributed by atoms with Crippen LogP contribution in [-0.4, -0.2) is 30.3 Å². The lowest BCUT2D eigenvalue weighted by Gasteiger charge is -2.16. The molecule has 0 aromatic heterocycles. The van der Waals surface area contributed by atoms with Crippen molar-refractivity contribution in [3.8, 4) is 5.75 Å². The number of anilines is 1. The first-order valence-electron chi connectivity index (χ1n) is 6.40. The molecule has 1 aromatic rings. The zero-order valence-electron chi connectivity index (χ0n) is 11.6. The quantitative estimate of drug-likeness (QED) is 0.566. The predicted octanol–water partition coefficient (Wildman–Crippen LogP) is 2.56. The number of aliphatic hydroxyl groups is 1. The Morgan fingerprint density at radius 2 is 2.25 bits per heavy atom. The summed E-state index contributed by atoms with van der Waals surface area (Å²) in [6, 6.07) is 2.12. The first kappa shape index (κ1) is 16.2. The van der Waals surface area contributed by atoms with Gasteiger partial charge in [-0.25, -0.2) is 4.39 Å². The normalized spacial score (nSPS) is 12.0. The summed E-state index contributed by atoms with van der Waals surface area (Å²) in [6.45, 7) is 2.54. The summed E-state index contributed by atoms with van der Waals surface area (Å²) in [5.74, 6) is -0.481. The van der Waals surface area contributed by atoms with E-state index in [1.165, 1.54) is 13.2 Å². The number of nitro groups is 1. The van der Waals surface area contributed by atoms with Crippen LogP contribution in [0.5, 0.6) is 5.75 Å². The number of nitro benzene ring substituents is 1. The molecule has 0 bridgehead atoms. The molecule has 20 heavy (non-hydrogen) atoms. The molecule has 2 N–H and O–H groups in total. The van der Waals surface area contributed by atoms with Gasteiger partial charge in [0.05, 0.1) is 23.8 Å². The third kappa shape index (κ3) is 4.06. The Morgan fingerprint density at radius 3 is 2.75 bits per heavy atom. The summed E-state index contributed by atoms with van der Waals surface area (Å²) in [4.78, 5) is 10.1. The number of hydrogen-bond acceptors (Lipinski definition) is 5. The highest BCUT2D eigenvalue weighted by atomic mass is 19.1. The van der Waals surface area contributed by atoms with E-state index < -0.39 is 16.4 Å². The molecule has 7 heteroatoms. The largest absolute Gasteiger partial charge is 0.490 e. The first-order chi connectivity index (χ1) is 9.53. The van der Waals surface area contributed by atoms with Crippen molar-refractivity contribution in [1.82, 2.24) is 0 Å². The number of ether oxygens (including phenoxy) is 1. The highest BCUT2D eigenvalue weighted by molar-refractivity contribution is 5.59. The molecule has 0 spiro atoms. The zero-order valence-corrected chi connectivity index (χ0v) is 11.6. The van der Waals surface area contributed by atoms with Crippen molar-refractivity contribution in [1.29, 1.82) is 0 Å². The second-order valence-electron chi connectivity index (χ2n) is 4.43. The minimum Gasteiger partial charge on any atom is -0.490 e. The smallest absolute Gasteiger partial charge is 0.313 e. The maximum Gasteiger partial charge on any atom is 0.313 e. The van der Waals surface area contributed by atoms with Crippen molar-refractivity contribution in [2.75, 3.05) is 25.6 Å². The summed E-state index contributed by atoms with van der Waals surface area (Å²) in [7, 11) is 1.30. The maximum absolute atomic E-state index is 13.8. The molecule has 0 aliphatic rings. The molecule has 1 unspecified atom stereocenters. The van der Waals surface area contributed by atoms with E-state index >= 15 is 0 Å². The number of benzene rings is 1. The monoisotopic (exact) mass is 286 g/mol. The van der Waals surface area contributed by atoms with Gasteiger partial charge in [-0.1, -0.05) is 13.3 Å². The SMILES string of the molecule is CCC(CCO)CNc1cc(OC)c([N+](=O)[O-])cc1F. The van der Waals surface area contributed by atoms with Gasteiger partial charge in [0.25, 0.3) is 0 Å². The van der Waals surface area contributed by atoms with Crippen LogP contribution in [0.15, 0.2) is 12.1 Å². The van der Waals surface area contributed by atoms with Gasteiger partial charge < -0.3 is 15.2 Å². The van der Waals surface area contributed by atoms with Crippen LogP contribution in [0.1, 0.15) is 19.8 Å². The molecule has 1 atom stereocenters. The number of nitrogens with one attached hydrogen (secondary N) is 1. The van der Waals surface area contributed by atoms with Crippen molar-refractivity contribution < 1.29 is 19.2 Å². The van der Waals surface area contributed by atoms with Gasteiger partial charge in [-0.15, -0.1) is 0 Å². The topological polar surface area (TPSA) is 84.6 Å². The number of hydrogen-bond donors (Lipinski definition) is 2. The molecule has 0 radical (unpaired) electrons. The summed E-state index contributed by atoms with van der Waals surface area (Å²) in [6.07, 6.45) is 1.47. The van der Waals surface area contributed by atoms with Crippen LogP contribution in [0.4, 0.5) is 15.8 Å². The Balaban J connectivity index is 2.88. The number of rotatable bonds is 8. The molecule has 0 heterocycles. The average Bonchev–Trinajstić information content (AvgIpc) is 2.43. The van der Waals surface area contributed by atoms with E-state index in [-0.39, 0.29) is 24.0 Å². The van der Waals surface area contributed by atoms with Crippen molar-refractivity contribution >= 4 is 11.4 Å². The van der Waals surface area contributed by atoms with Crippen molar-refractivity contribution in [2.45, 2.75) is 19.8 Å². The van der Waals surface area contributed by atoms with Crippen LogP contribution < -0.4 is 10.1 Å². The Bertz CT molecular complexity index is 468. The highest BCUT2D eigenvalue weighted by Crippen LogP contribution is 2.32. The van der Waals surface area contributed by atoms with Crippen LogP contribution in [0.3, 0.4) is 0 Å². The standard InChI is InChI=1S/C13H19FN2O4/c1-3-9(4-5-17)8-15-11-7-13(20-2)12(16(18)19)6-10(11)14/h6-7,9,15,17H,3-5,8H2,1-2H3. The number of aliphatic hydroxyl groups excluding tert-OH is 1. The molecule has 0 aliphatic carbocycles. The van der Waals surface area contributed by atoms with E-state index in [1.54, 1.807) is 0 Å². The number of halogens is 1. The lowest BCUT2D eigenvalue weighted by atomic mass is 10.0. The molecular formula is C13H19FN2O4. The fourth-order valence-electron chi connectivity index (χ4n) is 1.87. The van der Waals surface area contributed by atoms with Gasteiger partial charge in [0.2, 0.25) is 0 Å². The van der Waals surface area contributed by atoms with Crippen molar-refractivity contribution in [3.05, 3.63) is 28.1 Å². The molecule has 0 aliphatic heterocycles. The molecule has 0 saturated carbocycles. The van der Waals surface area contributed by atoms with E-state index in [0.717, 1.165) is 12.5 Å². The minimum atomic E-state index is -0.698. The fourth-order valence-corrected chi connectivity index (χ4v) is 1.87. The van der Waals surface area contributed by atoms with Crippen LogP contribution in [0.2, 0.25) is 0 Å². The Morgan fingerprint density at radius 1 is 1.55 bits per heavy atom. The molecule has 1 rings (SSSR count). The van der Waals surface area contributed by atoms with Gasteiger partial charge in [0.15, 0.2) is 11.6 Å². The van der Waals surface area contributed by atoms with E-state index in [1.807, 2.05) is 6.92 Å². The summed E-state index contributed by atoms with van der Waals surface area (Å²) in [5.41, 5.74) is -0.248.